The number of hydrogen-bond donors (Lipinski definition) is 0. The Hall–Kier alpha value is -1.35. The Bertz CT molecular complexity index is 386. The van der Waals surface area contributed by atoms with E-state index in [-0.39, 0.29) is 5.91 Å². The lowest BCUT2D eigenvalue weighted by Crippen LogP contribution is -2.61. The molecule has 0 atom stereocenters. The van der Waals surface area contributed by atoms with Crippen molar-refractivity contribution in [2.45, 2.75) is 19.4 Å². The number of hydrogen-bond acceptors (Lipinski definition) is 2. The van der Waals surface area contributed by atoms with Gasteiger partial charge in [0.2, 0.25) is 5.91 Å². The number of nitrogens with zero attached hydrogens (tertiary/aromatic N) is 2. The third kappa shape index (κ3) is 1.71. The van der Waals surface area contributed by atoms with Crippen molar-refractivity contribution in [2.75, 3.05) is 25.0 Å². The molecule has 16 heavy (non-hydrogen) atoms. The van der Waals surface area contributed by atoms with Gasteiger partial charge in [0, 0.05) is 18.8 Å². The van der Waals surface area contributed by atoms with Crippen molar-refractivity contribution in [3.8, 4) is 0 Å². The van der Waals surface area contributed by atoms with Crippen molar-refractivity contribution in [1.29, 1.82) is 0 Å². The number of benzene rings is 1. The second kappa shape index (κ2) is 3.91. The molecule has 0 saturated carbocycles. The van der Waals surface area contributed by atoms with Gasteiger partial charge < -0.3 is 4.90 Å². The van der Waals surface area contributed by atoms with Crippen LogP contribution in [0, 0.1) is 0 Å². The van der Waals surface area contributed by atoms with Gasteiger partial charge in [0.15, 0.2) is 0 Å². The quantitative estimate of drug-likeness (QED) is 0.717. The van der Waals surface area contributed by atoms with Crippen LogP contribution >= 0.6 is 0 Å². The van der Waals surface area contributed by atoms with Crippen molar-refractivity contribution < 1.29 is 4.79 Å². The molecule has 1 aromatic carbocycles. The molecule has 1 fully saturated rings. The largest absolute Gasteiger partial charge is 0.310 e. The lowest BCUT2D eigenvalue weighted by atomic mass is 9.98. The molecular weight excluding hydrogens is 200 g/mol. The zero-order valence-corrected chi connectivity index (χ0v) is 10.1. The van der Waals surface area contributed by atoms with Gasteiger partial charge in [-0.2, -0.15) is 0 Å². The van der Waals surface area contributed by atoms with E-state index >= 15 is 0 Å². The molecule has 2 rings (SSSR count). The molecule has 1 aromatic rings. The summed E-state index contributed by atoms with van der Waals surface area (Å²) in [7, 11) is 2.00. The molecule has 1 aliphatic rings. The van der Waals surface area contributed by atoms with E-state index in [1.54, 1.807) is 0 Å². The second-order valence-electron chi connectivity index (χ2n) is 4.77. The van der Waals surface area contributed by atoms with Crippen LogP contribution in [-0.4, -0.2) is 36.5 Å². The number of carbonyl (C=O) groups excluding carboxylic acids is 1. The Morgan fingerprint density at radius 2 is 1.75 bits per heavy atom. The molecule has 3 nitrogen and oxygen atoms in total. The molecule has 1 amide bonds. The summed E-state index contributed by atoms with van der Waals surface area (Å²) in [6, 6.07) is 9.87. The van der Waals surface area contributed by atoms with Gasteiger partial charge >= 0.3 is 0 Å². The molecule has 0 unspecified atom stereocenters. The minimum Gasteiger partial charge on any atom is -0.310 e. The highest BCUT2D eigenvalue weighted by atomic mass is 16.2. The van der Waals surface area contributed by atoms with Crippen LogP contribution in [0.15, 0.2) is 30.3 Å². The zero-order valence-electron chi connectivity index (χ0n) is 10.1. The Morgan fingerprint density at radius 3 is 2.38 bits per heavy atom. The van der Waals surface area contributed by atoms with Gasteiger partial charge in [0.05, 0.1) is 5.54 Å². The Morgan fingerprint density at radius 1 is 1.12 bits per heavy atom. The summed E-state index contributed by atoms with van der Waals surface area (Å²) >= 11 is 0. The van der Waals surface area contributed by atoms with E-state index in [0.29, 0.717) is 0 Å². The van der Waals surface area contributed by atoms with E-state index < -0.39 is 5.54 Å². The molecule has 1 saturated heterocycles. The molecule has 1 heterocycles. The van der Waals surface area contributed by atoms with E-state index in [4.69, 9.17) is 0 Å². The average molecular weight is 218 g/mol. The fourth-order valence-corrected chi connectivity index (χ4v) is 1.98. The van der Waals surface area contributed by atoms with Crippen LogP contribution in [0.3, 0.4) is 0 Å². The van der Waals surface area contributed by atoms with Gasteiger partial charge in [-0.3, -0.25) is 9.69 Å². The summed E-state index contributed by atoms with van der Waals surface area (Å²) in [4.78, 5) is 16.3. The van der Waals surface area contributed by atoms with Crippen LogP contribution < -0.4 is 4.90 Å². The normalized spacial score (nSPS) is 21.2. The highest BCUT2D eigenvalue weighted by Crippen LogP contribution is 2.25. The second-order valence-corrected chi connectivity index (χ2v) is 4.77. The molecule has 0 N–H and O–H groups in total. The first-order valence-electron chi connectivity index (χ1n) is 5.62. The molecule has 86 valence electrons. The maximum absolute atomic E-state index is 12.3. The van der Waals surface area contributed by atoms with Crippen molar-refractivity contribution in [1.82, 2.24) is 4.90 Å². The number of amides is 1. The fraction of sp³-hybridized carbons (Fsp3) is 0.462. The number of carbonyl (C=O) groups is 1. The molecule has 0 radical (unpaired) electrons. The highest BCUT2D eigenvalue weighted by Gasteiger charge is 2.40. The molecule has 1 aliphatic heterocycles. The van der Waals surface area contributed by atoms with Crippen LogP contribution in [0.25, 0.3) is 0 Å². The number of piperazine rings is 1. The van der Waals surface area contributed by atoms with Crippen LogP contribution in [0.1, 0.15) is 13.8 Å². The summed E-state index contributed by atoms with van der Waals surface area (Å²) < 4.78 is 0. The lowest BCUT2D eigenvalue weighted by molar-refractivity contribution is -0.130. The van der Waals surface area contributed by atoms with E-state index in [9.17, 15) is 4.79 Å². The van der Waals surface area contributed by atoms with E-state index in [0.717, 1.165) is 18.8 Å². The Balaban J connectivity index is 2.29. The van der Waals surface area contributed by atoms with Gasteiger partial charge in [0.25, 0.3) is 0 Å². The van der Waals surface area contributed by atoms with Gasteiger partial charge in [-0.1, -0.05) is 18.2 Å². The summed E-state index contributed by atoms with van der Waals surface area (Å²) in [6.45, 7) is 5.63. The van der Waals surface area contributed by atoms with Crippen molar-refractivity contribution in [2.24, 2.45) is 0 Å². The average Bonchev–Trinajstić information content (AvgIpc) is 2.28. The third-order valence-corrected chi connectivity index (χ3v) is 3.45. The maximum Gasteiger partial charge on any atom is 0.246 e. The van der Waals surface area contributed by atoms with E-state index in [1.165, 1.54) is 0 Å². The van der Waals surface area contributed by atoms with Gasteiger partial charge in [0.1, 0.15) is 0 Å². The summed E-state index contributed by atoms with van der Waals surface area (Å²) in [5.41, 5.74) is 0.586. The van der Waals surface area contributed by atoms with Gasteiger partial charge in [-0.05, 0) is 33.0 Å². The van der Waals surface area contributed by atoms with E-state index in [2.05, 4.69) is 4.90 Å². The number of para-hydroxylation sites is 1. The first-order chi connectivity index (χ1) is 7.53. The summed E-state index contributed by atoms with van der Waals surface area (Å²) in [5.74, 6) is 0.174. The van der Waals surface area contributed by atoms with Crippen molar-refractivity contribution >= 4 is 11.6 Å². The topological polar surface area (TPSA) is 23.6 Å². The van der Waals surface area contributed by atoms with Crippen molar-refractivity contribution in [3.05, 3.63) is 30.3 Å². The predicted octanol–water partition coefficient (Wildman–Crippen LogP) is 1.74. The van der Waals surface area contributed by atoms with Gasteiger partial charge in [-0.15, -0.1) is 0 Å². The first kappa shape index (κ1) is 11.1. The highest BCUT2D eigenvalue weighted by molar-refractivity contribution is 6.00. The maximum atomic E-state index is 12.3. The third-order valence-electron chi connectivity index (χ3n) is 3.45. The lowest BCUT2D eigenvalue weighted by Gasteiger charge is -2.44. The summed E-state index contributed by atoms with van der Waals surface area (Å²) in [5, 5.41) is 0. The fourth-order valence-electron chi connectivity index (χ4n) is 1.98. The Labute approximate surface area is 96.7 Å². The predicted molar refractivity (Wildman–Crippen MR) is 65.5 cm³/mol. The van der Waals surface area contributed by atoms with Crippen LogP contribution in [-0.2, 0) is 4.79 Å². The van der Waals surface area contributed by atoms with Crippen LogP contribution in [0.2, 0.25) is 0 Å². The summed E-state index contributed by atoms with van der Waals surface area (Å²) in [6.07, 6.45) is 0. The SMILES string of the molecule is CN1CCN(c2ccccc2)C(=O)C1(C)C. The molecule has 3 heteroatoms. The molecule has 0 aliphatic carbocycles. The molecule has 0 bridgehead atoms. The number of likely N-dealkylation sites (N-methyl/N-ethyl adjacent to an activating group) is 1. The minimum atomic E-state index is -0.409. The first-order valence-corrected chi connectivity index (χ1v) is 5.62. The van der Waals surface area contributed by atoms with Crippen molar-refractivity contribution in [3.63, 3.8) is 0 Å². The number of anilines is 1. The number of rotatable bonds is 1. The van der Waals surface area contributed by atoms with Crippen LogP contribution in [0.4, 0.5) is 5.69 Å². The standard InChI is InChI=1S/C13H18N2O/c1-13(2)12(16)15(10-9-14(13)3)11-7-5-4-6-8-11/h4-8H,9-10H2,1-3H3. The van der Waals surface area contributed by atoms with E-state index in [1.807, 2.05) is 56.1 Å². The molecule has 0 spiro atoms. The smallest absolute Gasteiger partial charge is 0.246 e. The molecule has 0 aromatic heterocycles. The minimum absolute atomic E-state index is 0.174. The molecular formula is C13H18N2O. The zero-order chi connectivity index (χ0) is 11.8. The van der Waals surface area contributed by atoms with Crippen LogP contribution in [0.5, 0.6) is 0 Å². The van der Waals surface area contributed by atoms with Gasteiger partial charge in [-0.25, -0.2) is 0 Å². The Kier molecular flexibility index (Phi) is 2.72. The monoisotopic (exact) mass is 218 g/mol.